The maximum absolute atomic E-state index is 4.62. The van der Waals surface area contributed by atoms with Crippen molar-refractivity contribution >= 4 is 5.69 Å². The van der Waals surface area contributed by atoms with E-state index in [0.717, 1.165) is 5.69 Å². The van der Waals surface area contributed by atoms with E-state index >= 15 is 0 Å². The first kappa shape index (κ1) is 14.3. The summed E-state index contributed by atoms with van der Waals surface area (Å²) in [4.78, 5) is 7.18. The van der Waals surface area contributed by atoms with Crippen LogP contribution in [0.2, 0.25) is 0 Å². The Balaban J connectivity index is 2.14. The van der Waals surface area contributed by atoms with Crippen LogP contribution in [0.4, 0.5) is 5.69 Å². The van der Waals surface area contributed by atoms with Gasteiger partial charge in [0.15, 0.2) is 0 Å². The highest BCUT2D eigenvalue weighted by Crippen LogP contribution is 2.26. The summed E-state index contributed by atoms with van der Waals surface area (Å²) in [5.41, 5.74) is 2.41. The normalized spacial score (nSPS) is 22.1. The van der Waals surface area contributed by atoms with Crippen LogP contribution in [-0.4, -0.2) is 24.6 Å². The lowest BCUT2D eigenvalue weighted by atomic mass is 10.1. The summed E-state index contributed by atoms with van der Waals surface area (Å²) in [6.07, 6.45) is 8.66. The maximum atomic E-state index is 4.62. The van der Waals surface area contributed by atoms with Crippen LogP contribution in [0.5, 0.6) is 0 Å². The average molecular weight is 261 g/mol. The highest BCUT2D eigenvalue weighted by atomic mass is 15.2. The summed E-state index contributed by atoms with van der Waals surface area (Å²) in [6, 6.07) is 5.41. The zero-order valence-electron chi connectivity index (χ0n) is 12.5. The minimum atomic E-state index is 0.320. The first-order valence-corrected chi connectivity index (χ1v) is 7.66. The van der Waals surface area contributed by atoms with Gasteiger partial charge in [-0.3, -0.25) is 4.98 Å². The fourth-order valence-corrected chi connectivity index (χ4v) is 2.91. The summed E-state index contributed by atoms with van der Waals surface area (Å²) in [7, 11) is 1.97. The highest BCUT2D eigenvalue weighted by Gasteiger charge is 2.20. The van der Waals surface area contributed by atoms with Crippen molar-refractivity contribution in [2.24, 2.45) is 0 Å². The lowest BCUT2D eigenvalue weighted by Gasteiger charge is -2.31. The van der Waals surface area contributed by atoms with Crippen LogP contribution in [0.15, 0.2) is 18.3 Å². The highest BCUT2D eigenvalue weighted by molar-refractivity contribution is 5.46. The Bertz CT molecular complexity index is 374. The molecule has 106 valence electrons. The molecule has 0 bridgehead atoms. The molecule has 3 nitrogen and oxygen atoms in total. The molecule has 2 heterocycles. The minimum absolute atomic E-state index is 0.320. The summed E-state index contributed by atoms with van der Waals surface area (Å²) in [6.45, 7) is 5.62. The smallest absolute Gasteiger partial charge is 0.0571 e. The molecule has 1 fully saturated rings. The van der Waals surface area contributed by atoms with E-state index in [-0.39, 0.29) is 0 Å². The van der Waals surface area contributed by atoms with Gasteiger partial charge in [0.25, 0.3) is 0 Å². The van der Waals surface area contributed by atoms with Gasteiger partial charge < -0.3 is 10.2 Å². The Labute approximate surface area is 117 Å². The second kappa shape index (κ2) is 6.90. The fourth-order valence-electron chi connectivity index (χ4n) is 2.91. The molecule has 2 unspecified atom stereocenters. The lowest BCUT2D eigenvalue weighted by Crippen LogP contribution is -2.34. The average Bonchev–Trinajstić information content (AvgIpc) is 2.71. The summed E-state index contributed by atoms with van der Waals surface area (Å²) < 4.78 is 0. The van der Waals surface area contributed by atoms with Gasteiger partial charge in [-0.05, 0) is 45.4 Å². The monoisotopic (exact) mass is 261 g/mol. The number of hydrogen-bond donors (Lipinski definition) is 1. The molecule has 0 radical (unpaired) electrons. The maximum Gasteiger partial charge on any atom is 0.0571 e. The molecule has 2 rings (SSSR count). The molecule has 1 aromatic rings. The van der Waals surface area contributed by atoms with Gasteiger partial charge in [-0.1, -0.05) is 19.8 Å². The third kappa shape index (κ3) is 3.47. The van der Waals surface area contributed by atoms with Crippen LogP contribution >= 0.6 is 0 Å². The number of pyridine rings is 1. The van der Waals surface area contributed by atoms with E-state index in [2.05, 4.69) is 47.4 Å². The number of aromatic nitrogens is 1. The molecule has 3 heteroatoms. The molecule has 1 aliphatic rings. The van der Waals surface area contributed by atoms with Crippen molar-refractivity contribution in [2.45, 2.75) is 58.0 Å². The largest absolute Gasteiger partial charge is 0.367 e. The number of anilines is 1. The van der Waals surface area contributed by atoms with Gasteiger partial charge in [0.2, 0.25) is 0 Å². The second-order valence-electron chi connectivity index (χ2n) is 5.56. The molecule has 1 saturated heterocycles. The number of rotatable bonds is 4. The molecule has 1 aliphatic heterocycles. The van der Waals surface area contributed by atoms with Crippen molar-refractivity contribution in [1.82, 2.24) is 10.3 Å². The predicted octanol–water partition coefficient (Wildman–Crippen LogP) is 3.52. The molecule has 1 N–H and O–H groups in total. The fraction of sp³-hybridized carbons (Fsp3) is 0.688. The zero-order chi connectivity index (χ0) is 13.7. The minimum Gasteiger partial charge on any atom is -0.367 e. The molecule has 0 saturated carbocycles. The van der Waals surface area contributed by atoms with Crippen LogP contribution in [0, 0.1) is 0 Å². The zero-order valence-corrected chi connectivity index (χ0v) is 12.5. The Morgan fingerprint density at radius 2 is 2.21 bits per heavy atom. The van der Waals surface area contributed by atoms with Crippen LogP contribution < -0.4 is 10.2 Å². The van der Waals surface area contributed by atoms with Crippen molar-refractivity contribution in [2.75, 3.05) is 18.5 Å². The molecule has 0 spiro atoms. The first-order valence-electron chi connectivity index (χ1n) is 7.66. The Hall–Kier alpha value is -1.09. The van der Waals surface area contributed by atoms with Gasteiger partial charge in [0.1, 0.15) is 0 Å². The van der Waals surface area contributed by atoms with E-state index in [4.69, 9.17) is 0 Å². The Kier molecular flexibility index (Phi) is 5.20. The topological polar surface area (TPSA) is 28.2 Å². The van der Waals surface area contributed by atoms with Gasteiger partial charge in [0, 0.05) is 18.6 Å². The van der Waals surface area contributed by atoms with Crippen LogP contribution in [-0.2, 0) is 0 Å². The van der Waals surface area contributed by atoms with E-state index < -0.39 is 0 Å². The van der Waals surface area contributed by atoms with Crippen molar-refractivity contribution in [3.05, 3.63) is 24.0 Å². The number of hydrogen-bond acceptors (Lipinski definition) is 3. The summed E-state index contributed by atoms with van der Waals surface area (Å²) in [5.74, 6) is 0. The predicted molar refractivity (Wildman–Crippen MR) is 81.6 cm³/mol. The van der Waals surface area contributed by atoms with Gasteiger partial charge >= 0.3 is 0 Å². The molecule has 0 aliphatic carbocycles. The molecule has 1 aromatic heterocycles. The van der Waals surface area contributed by atoms with Crippen LogP contribution in [0.1, 0.15) is 57.7 Å². The van der Waals surface area contributed by atoms with E-state index in [1.807, 2.05) is 7.05 Å². The van der Waals surface area contributed by atoms with Crippen molar-refractivity contribution in [1.29, 1.82) is 0 Å². The number of nitrogens with one attached hydrogen (secondary N) is 1. The van der Waals surface area contributed by atoms with Gasteiger partial charge in [-0.25, -0.2) is 0 Å². The number of nitrogens with zero attached hydrogens (tertiary/aromatic N) is 2. The summed E-state index contributed by atoms with van der Waals surface area (Å²) in [5, 5.41) is 3.23. The van der Waals surface area contributed by atoms with Crippen molar-refractivity contribution < 1.29 is 0 Å². The standard InChI is InChI=1S/C16H27N3/c1-4-14-8-6-5-7-11-19(14)15-9-10-16(18-12-15)13(2)17-3/h9-10,12-14,17H,4-8,11H2,1-3H3. The SMILES string of the molecule is CCC1CCCCCN1c1ccc(C(C)NC)nc1. The third-order valence-electron chi connectivity index (χ3n) is 4.33. The van der Waals surface area contributed by atoms with Crippen molar-refractivity contribution in [3.63, 3.8) is 0 Å². The Morgan fingerprint density at radius 3 is 2.84 bits per heavy atom. The van der Waals surface area contributed by atoms with Crippen LogP contribution in [0.25, 0.3) is 0 Å². The molecule has 19 heavy (non-hydrogen) atoms. The van der Waals surface area contributed by atoms with E-state index in [9.17, 15) is 0 Å². The molecule has 0 aromatic carbocycles. The van der Waals surface area contributed by atoms with Gasteiger partial charge in [-0.15, -0.1) is 0 Å². The molecular formula is C16H27N3. The second-order valence-corrected chi connectivity index (χ2v) is 5.56. The van der Waals surface area contributed by atoms with E-state index in [0.29, 0.717) is 12.1 Å². The van der Waals surface area contributed by atoms with Crippen LogP contribution in [0.3, 0.4) is 0 Å². The summed E-state index contributed by atoms with van der Waals surface area (Å²) >= 11 is 0. The molecule has 2 atom stereocenters. The van der Waals surface area contributed by atoms with Gasteiger partial charge in [0.05, 0.1) is 17.6 Å². The molecular weight excluding hydrogens is 234 g/mol. The first-order chi connectivity index (χ1) is 9.26. The third-order valence-corrected chi connectivity index (χ3v) is 4.33. The lowest BCUT2D eigenvalue weighted by molar-refractivity contribution is 0.555. The van der Waals surface area contributed by atoms with E-state index in [1.54, 1.807) is 0 Å². The van der Waals surface area contributed by atoms with Crippen molar-refractivity contribution in [3.8, 4) is 0 Å². The molecule has 0 amide bonds. The van der Waals surface area contributed by atoms with Gasteiger partial charge in [-0.2, -0.15) is 0 Å². The quantitative estimate of drug-likeness (QED) is 0.899. The Morgan fingerprint density at radius 1 is 1.37 bits per heavy atom. The van der Waals surface area contributed by atoms with E-state index in [1.165, 1.54) is 44.3 Å².